The van der Waals surface area contributed by atoms with Crippen LogP contribution in [0.2, 0.25) is 0 Å². The average molecular weight is 383 g/mol. The van der Waals surface area contributed by atoms with E-state index in [2.05, 4.69) is 31.2 Å². The summed E-state index contributed by atoms with van der Waals surface area (Å²) in [5, 5.41) is 2.82. The van der Waals surface area contributed by atoms with Crippen LogP contribution in [0.5, 0.6) is 0 Å². The summed E-state index contributed by atoms with van der Waals surface area (Å²) < 4.78 is 0.953. The van der Waals surface area contributed by atoms with Gasteiger partial charge in [-0.05, 0) is 42.5 Å². The molecule has 0 radical (unpaired) electrons. The molecular formula is C18H15BrN4O. The summed E-state index contributed by atoms with van der Waals surface area (Å²) in [6.45, 7) is 0. The second-order valence-corrected chi connectivity index (χ2v) is 6.01. The lowest BCUT2D eigenvalue weighted by molar-refractivity contribution is 0.102. The number of anilines is 3. The smallest absolute Gasteiger partial charge is 0.274 e. The molecule has 2 aromatic carbocycles. The van der Waals surface area contributed by atoms with Crippen molar-refractivity contribution in [2.45, 2.75) is 0 Å². The van der Waals surface area contributed by atoms with E-state index in [1.54, 1.807) is 12.3 Å². The zero-order valence-corrected chi connectivity index (χ0v) is 14.6. The normalized spacial score (nSPS) is 10.2. The van der Waals surface area contributed by atoms with Crippen molar-refractivity contribution in [3.63, 3.8) is 0 Å². The third-order valence-corrected chi connectivity index (χ3v) is 3.95. The van der Waals surface area contributed by atoms with Gasteiger partial charge in [0, 0.05) is 29.1 Å². The Bertz CT molecular complexity index is 837. The average Bonchev–Trinajstić information content (AvgIpc) is 2.64. The molecule has 24 heavy (non-hydrogen) atoms. The Balaban J connectivity index is 1.79. The number of para-hydroxylation sites is 1. The summed E-state index contributed by atoms with van der Waals surface area (Å²) in [5.41, 5.74) is 1.97. The Hall–Kier alpha value is -2.73. The van der Waals surface area contributed by atoms with Crippen LogP contribution < -0.4 is 10.2 Å². The van der Waals surface area contributed by atoms with Crippen molar-refractivity contribution in [3.05, 3.63) is 77.0 Å². The molecule has 0 saturated heterocycles. The highest BCUT2D eigenvalue weighted by Crippen LogP contribution is 2.19. The lowest BCUT2D eigenvalue weighted by Gasteiger charge is -2.17. The minimum absolute atomic E-state index is 0.276. The molecular weight excluding hydrogens is 368 g/mol. The molecule has 0 aliphatic heterocycles. The van der Waals surface area contributed by atoms with E-state index in [0.717, 1.165) is 10.2 Å². The molecule has 1 heterocycles. The molecule has 0 aliphatic carbocycles. The predicted molar refractivity (Wildman–Crippen MR) is 98.6 cm³/mol. The van der Waals surface area contributed by atoms with Crippen molar-refractivity contribution in [3.8, 4) is 0 Å². The molecule has 3 aromatic rings. The molecule has 0 atom stereocenters. The highest BCUT2D eigenvalue weighted by atomic mass is 79.9. The van der Waals surface area contributed by atoms with E-state index in [4.69, 9.17) is 0 Å². The summed E-state index contributed by atoms with van der Waals surface area (Å²) in [6, 6.07) is 18.7. The SMILES string of the molecule is CN(c1ccccc1)c1nccc(C(=O)Nc2ccc(Br)cc2)n1. The van der Waals surface area contributed by atoms with Crippen molar-refractivity contribution in [2.75, 3.05) is 17.3 Å². The molecule has 0 bridgehead atoms. The van der Waals surface area contributed by atoms with Crippen LogP contribution in [0.25, 0.3) is 0 Å². The maximum absolute atomic E-state index is 12.4. The van der Waals surface area contributed by atoms with E-state index in [-0.39, 0.29) is 5.91 Å². The number of nitrogens with one attached hydrogen (secondary N) is 1. The zero-order chi connectivity index (χ0) is 16.9. The highest BCUT2D eigenvalue weighted by Gasteiger charge is 2.12. The van der Waals surface area contributed by atoms with Gasteiger partial charge in [0.2, 0.25) is 5.95 Å². The van der Waals surface area contributed by atoms with Crippen LogP contribution in [0.4, 0.5) is 17.3 Å². The summed E-state index contributed by atoms with van der Waals surface area (Å²) in [6.07, 6.45) is 1.58. The number of rotatable bonds is 4. The van der Waals surface area contributed by atoms with Crippen LogP contribution in [0, 0.1) is 0 Å². The number of halogens is 1. The van der Waals surface area contributed by atoms with Gasteiger partial charge in [0.15, 0.2) is 0 Å². The molecule has 3 rings (SSSR count). The van der Waals surface area contributed by atoms with Crippen LogP contribution in [-0.4, -0.2) is 22.9 Å². The van der Waals surface area contributed by atoms with E-state index in [0.29, 0.717) is 17.3 Å². The largest absolute Gasteiger partial charge is 0.321 e. The van der Waals surface area contributed by atoms with Gasteiger partial charge in [0.05, 0.1) is 0 Å². The molecule has 0 aliphatic rings. The number of hydrogen-bond donors (Lipinski definition) is 1. The topological polar surface area (TPSA) is 58.1 Å². The van der Waals surface area contributed by atoms with E-state index in [1.807, 2.05) is 66.5 Å². The maximum atomic E-state index is 12.4. The van der Waals surface area contributed by atoms with Gasteiger partial charge in [-0.25, -0.2) is 9.97 Å². The molecule has 0 unspecified atom stereocenters. The predicted octanol–water partition coefficient (Wildman–Crippen LogP) is 4.26. The first-order chi connectivity index (χ1) is 11.6. The molecule has 6 heteroatoms. The van der Waals surface area contributed by atoms with Crippen molar-refractivity contribution in [1.29, 1.82) is 0 Å². The van der Waals surface area contributed by atoms with Gasteiger partial charge in [-0.1, -0.05) is 34.1 Å². The van der Waals surface area contributed by atoms with E-state index < -0.39 is 0 Å². The number of benzene rings is 2. The fraction of sp³-hybridized carbons (Fsp3) is 0.0556. The Labute approximate surface area is 148 Å². The van der Waals surface area contributed by atoms with Gasteiger partial charge in [0.1, 0.15) is 5.69 Å². The Kier molecular flexibility index (Phi) is 4.86. The number of nitrogens with zero attached hydrogens (tertiary/aromatic N) is 3. The first-order valence-electron chi connectivity index (χ1n) is 7.32. The highest BCUT2D eigenvalue weighted by molar-refractivity contribution is 9.10. The number of carbonyl (C=O) groups excluding carboxylic acids is 1. The summed E-state index contributed by atoms with van der Waals surface area (Å²) in [5.74, 6) is 0.187. The van der Waals surface area contributed by atoms with Crippen LogP contribution >= 0.6 is 15.9 Å². The molecule has 1 aromatic heterocycles. The first-order valence-corrected chi connectivity index (χ1v) is 8.11. The van der Waals surface area contributed by atoms with Crippen LogP contribution in [0.15, 0.2) is 71.3 Å². The third-order valence-electron chi connectivity index (χ3n) is 3.42. The fourth-order valence-corrected chi connectivity index (χ4v) is 2.40. The molecule has 0 saturated carbocycles. The quantitative estimate of drug-likeness (QED) is 0.732. The Morgan fingerprint density at radius 3 is 2.46 bits per heavy atom. The molecule has 1 N–H and O–H groups in total. The third kappa shape index (κ3) is 3.78. The van der Waals surface area contributed by atoms with Gasteiger partial charge in [-0.3, -0.25) is 4.79 Å². The summed E-state index contributed by atoms with van der Waals surface area (Å²) in [4.78, 5) is 22.8. The molecule has 120 valence electrons. The lowest BCUT2D eigenvalue weighted by Crippen LogP contribution is -2.18. The molecule has 5 nitrogen and oxygen atoms in total. The molecule has 0 spiro atoms. The second-order valence-electron chi connectivity index (χ2n) is 5.10. The number of carbonyl (C=O) groups is 1. The van der Waals surface area contributed by atoms with Gasteiger partial charge in [-0.15, -0.1) is 0 Å². The van der Waals surface area contributed by atoms with Gasteiger partial charge < -0.3 is 10.2 Å². The van der Waals surface area contributed by atoms with Crippen molar-refractivity contribution >= 4 is 39.2 Å². The van der Waals surface area contributed by atoms with Crippen LogP contribution in [0.3, 0.4) is 0 Å². The van der Waals surface area contributed by atoms with Gasteiger partial charge in [-0.2, -0.15) is 0 Å². The fourth-order valence-electron chi connectivity index (χ4n) is 2.13. The Morgan fingerprint density at radius 1 is 1.04 bits per heavy atom. The Morgan fingerprint density at radius 2 is 1.75 bits per heavy atom. The van der Waals surface area contributed by atoms with Crippen LogP contribution in [0.1, 0.15) is 10.5 Å². The lowest BCUT2D eigenvalue weighted by atomic mass is 10.3. The van der Waals surface area contributed by atoms with Crippen molar-refractivity contribution in [2.24, 2.45) is 0 Å². The molecule has 0 fully saturated rings. The standard InChI is InChI=1S/C18H15BrN4O/c1-23(15-5-3-2-4-6-15)18-20-12-11-16(22-18)17(24)21-14-9-7-13(19)8-10-14/h2-12H,1H3,(H,21,24). The van der Waals surface area contributed by atoms with Crippen molar-refractivity contribution in [1.82, 2.24) is 9.97 Å². The number of hydrogen-bond acceptors (Lipinski definition) is 4. The summed E-state index contributed by atoms with van der Waals surface area (Å²) in [7, 11) is 1.86. The number of amides is 1. The van der Waals surface area contributed by atoms with Crippen LogP contribution in [-0.2, 0) is 0 Å². The minimum atomic E-state index is -0.276. The van der Waals surface area contributed by atoms with E-state index in [1.165, 1.54) is 0 Å². The molecule has 1 amide bonds. The van der Waals surface area contributed by atoms with E-state index in [9.17, 15) is 4.79 Å². The monoisotopic (exact) mass is 382 g/mol. The van der Waals surface area contributed by atoms with Gasteiger partial charge in [0.25, 0.3) is 5.91 Å². The van der Waals surface area contributed by atoms with Crippen molar-refractivity contribution < 1.29 is 4.79 Å². The summed E-state index contributed by atoms with van der Waals surface area (Å²) >= 11 is 3.37. The minimum Gasteiger partial charge on any atom is -0.321 e. The van der Waals surface area contributed by atoms with E-state index >= 15 is 0 Å². The second kappa shape index (κ2) is 7.23. The van der Waals surface area contributed by atoms with Gasteiger partial charge >= 0.3 is 0 Å². The number of aromatic nitrogens is 2. The first kappa shape index (κ1) is 16.1. The zero-order valence-electron chi connectivity index (χ0n) is 13.0. The maximum Gasteiger partial charge on any atom is 0.274 e.